The van der Waals surface area contributed by atoms with Crippen LogP contribution in [0, 0.1) is 6.92 Å². The van der Waals surface area contributed by atoms with E-state index in [0.29, 0.717) is 19.5 Å². The van der Waals surface area contributed by atoms with Crippen LogP contribution in [0.4, 0.5) is 4.79 Å². The summed E-state index contributed by atoms with van der Waals surface area (Å²) in [7, 11) is 0. The van der Waals surface area contributed by atoms with Crippen molar-refractivity contribution in [3.8, 4) is 0 Å². The molecule has 0 aromatic carbocycles. The standard InChI is InChI=1S/C16H23N3O3/c1-11-5-8-13(22-11)10-19(12-6-7-12)16(21)18-14-4-2-3-9-17-15(14)20/h5,8,12,14H,2-4,6-7,9-10H2,1H3,(H,17,20)(H,18,21)/t14-/m0/s1. The van der Waals surface area contributed by atoms with Crippen molar-refractivity contribution in [2.75, 3.05) is 6.54 Å². The third kappa shape index (κ3) is 3.61. The summed E-state index contributed by atoms with van der Waals surface area (Å²) in [4.78, 5) is 26.3. The molecule has 2 heterocycles. The van der Waals surface area contributed by atoms with Crippen molar-refractivity contribution in [3.63, 3.8) is 0 Å². The highest BCUT2D eigenvalue weighted by Gasteiger charge is 2.35. The first-order valence-electron chi connectivity index (χ1n) is 8.03. The number of carbonyl (C=O) groups excluding carboxylic acids is 2. The van der Waals surface area contributed by atoms with Gasteiger partial charge in [0.05, 0.1) is 6.54 Å². The minimum Gasteiger partial charge on any atom is -0.464 e. The first-order chi connectivity index (χ1) is 10.6. The molecular formula is C16H23N3O3. The molecule has 3 rings (SSSR count). The molecule has 0 bridgehead atoms. The van der Waals surface area contributed by atoms with Crippen LogP contribution < -0.4 is 10.6 Å². The Balaban J connectivity index is 1.63. The quantitative estimate of drug-likeness (QED) is 0.892. The van der Waals surface area contributed by atoms with Crippen LogP contribution in [0.3, 0.4) is 0 Å². The Morgan fingerprint density at radius 3 is 2.86 bits per heavy atom. The lowest BCUT2D eigenvalue weighted by Crippen LogP contribution is -2.50. The van der Waals surface area contributed by atoms with Crippen LogP contribution in [0.5, 0.6) is 0 Å². The lowest BCUT2D eigenvalue weighted by Gasteiger charge is -2.24. The van der Waals surface area contributed by atoms with Crippen molar-refractivity contribution in [1.29, 1.82) is 0 Å². The van der Waals surface area contributed by atoms with Gasteiger partial charge >= 0.3 is 6.03 Å². The normalized spacial score (nSPS) is 21.9. The third-order valence-electron chi connectivity index (χ3n) is 4.20. The van der Waals surface area contributed by atoms with Gasteiger partial charge in [-0.05, 0) is 51.2 Å². The number of urea groups is 1. The second-order valence-electron chi connectivity index (χ2n) is 6.16. The Labute approximate surface area is 130 Å². The first-order valence-corrected chi connectivity index (χ1v) is 8.03. The number of amides is 3. The largest absolute Gasteiger partial charge is 0.464 e. The van der Waals surface area contributed by atoms with E-state index in [1.54, 1.807) is 4.90 Å². The molecule has 2 aliphatic rings. The van der Waals surface area contributed by atoms with Crippen LogP contribution in [0.15, 0.2) is 16.5 Å². The summed E-state index contributed by atoms with van der Waals surface area (Å²) in [5.74, 6) is 1.55. The van der Waals surface area contributed by atoms with Crippen molar-refractivity contribution in [1.82, 2.24) is 15.5 Å². The summed E-state index contributed by atoms with van der Waals surface area (Å²) in [6.07, 6.45) is 4.66. The van der Waals surface area contributed by atoms with E-state index in [4.69, 9.17) is 4.42 Å². The Bertz CT molecular complexity index is 551. The summed E-state index contributed by atoms with van der Waals surface area (Å²) in [5.41, 5.74) is 0. The highest BCUT2D eigenvalue weighted by Crippen LogP contribution is 2.29. The SMILES string of the molecule is Cc1ccc(CN(C(=O)N[C@H]2CCCCNC2=O)C2CC2)o1. The zero-order valence-electron chi connectivity index (χ0n) is 12.9. The minimum absolute atomic E-state index is 0.0737. The summed E-state index contributed by atoms with van der Waals surface area (Å²) < 4.78 is 5.57. The number of carbonyl (C=O) groups is 2. The zero-order valence-corrected chi connectivity index (χ0v) is 12.9. The molecule has 1 aromatic rings. The maximum atomic E-state index is 12.6. The van der Waals surface area contributed by atoms with Gasteiger partial charge in [0.15, 0.2) is 0 Å². The second-order valence-corrected chi connectivity index (χ2v) is 6.16. The average molecular weight is 305 g/mol. The fourth-order valence-electron chi connectivity index (χ4n) is 2.80. The van der Waals surface area contributed by atoms with E-state index in [9.17, 15) is 9.59 Å². The van der Waals surface area contributed by atoms with Crippen LogP contribution in [0.2, 0.25) is 0 Å². The van der Waals surface area contributed by atoms with Gasteiger partial charge in [-0.15, -0.1) is 0 Å². The fourth-order valence-corrected chi connectivity index (χ4v) is 2.80. The summed E-state index contributed by atoms with van der Waals surface area (Å²) >= 11 is 0. The molecule has 6 heteroatoms. The molecule has 22 heavy (non-hydrogen) atoms. The van der Waals surface area contributed by atoms with E-state index in [1.807, 2.05) is 19.1 Å². The maximum absolute atomic E-state index is 12.6. The monoisotopic (exact) mass is 305 g/mol. The topological polar surface area (TPSA) is 74.6 Å². The number of aryl methyl sites for hydroxylation is 1. The molecule has 3 amide bonds. The lowest BCUT2D eigenvalue weighted by molar-refractivity contribution is -0.122. The smallest absolute Gasteiger partial charge is 0.318 e. The number of nitrogens with zero attached hydrogens (tertiary/aromatic N) is 1. The molecule has 0 unspecified atom stereocenters. The van der Waals surface area contributed by atoms with Gasteiger partial charge in [-0.3, -0.25) is 4.79 Å². The van der Waals surface area contributed by atoms with E-state index in [0.717, 1.165) is 37.2 Å². The van der Waals surface area contributed by atoms with Crippen LogP contribution in [0.25, 0.3) is 0 Å². The van der Waals surface area contributed by atoms with E-state index in [-0.39, 0.29) is 18.0 Å². The van der Waals surface area contributed by atoms with E-state index < -0.39 is 6.04 Å². The van der Waals surface area contributed by atoms with Crippen LogP contribution >= 0.6 is 0 Å². The number of nitrogens with one attached hydrogen (secondary N) is 2. The lowest BCUT2D eigenvalue weighted by atomic mass is 10.1. The Kier molecular flexibility index (Phi) is 4.36. The molecule has 1 aromatic heterocycles. The molecule has 6 nitrogen and oxygen atoms in total. The van der Waals surface area contributed by atoms with Gasteiger partial charge in [-0.2, -0.15) is 0 Å². The van der Waals surface area contributed by atoms with Gasteiger partial charge in [0.1, 0.15) is 17.6 Å². The number of hydrogen-bond acceptors (Lipinski definition) is 3. The first kappa shape index (κ1) is 14.9. The maximum Gasteiger partial charge on any atom is 0.318 e. The van der Waals surface area contributed by atoms with Gasteiger partial charge in [0.25, 0.3) is 0 Å². The highest BCUT2D eigenvalue weighted by molar-refractivity contribution is 5.87. The molecular weight excluding hydrogens is 282 g/mol. The van der Waals surface area contributed by atoms with Crippen molar-refractivity contribution < 1.29 is 14.0 Å². The highest BCUT2D eigenvalue weighted by atomic mass is 16.3. The summed E-state index contributed by atoms with van der Waals surface area (Å²) in [6.45, 7) is 3.04. The van der Waals surface area contributed by atoms with E-state index in [1.165, 1.54) is 0 Å². The molecule has 2 fully saturated rings. The number of furan rings is 1. The molecule has 1 aliphatic heterocycles. The zero-order chi connectivity index (χ0) is 15.5. The predicted octanol–water partition coefficient (Wildman–Crippen LogP) is 1.93. The molecule has 120 valence electrons. The van der Waals surface area contributed by atoms with E-state index in [2.05, 4.69) is 10.6 Å². The molecule has 0 radical (unpaired) electrons. The average Bonchev–Trinajstić information content (AvgIpc) is 3.27. The molecule has 2 N–H and O–H groups in total. The van der Waals surface area contributed by atoms with Crippen LogP contribution in [-0.2, 0) is 11.3 Å². The van der Waals surface area contributed by atoms with Gasteiger partial charge in [0.2, 0.25) is 5.91 Å². The molecule has 0 spiro atoms. The molecule has 1 atom stereocenters. The van der Waals surface area contributed by atoms with Gasteiger partial charge < -0.3 is 20.0 Å². The molecule has 1 saturated carbocycles. The van der Waals surface area contributed by atoms with E-state index >= 15 is 0 Å². The predicted molar refractivity (Wildman–Crippen MR) is 81.2 cm³/mol. The Morgan fingerprint density at radius 2 is 2.18 bits per heavy atom. The van der Waals surface area contributed by atoms with Crippen molar-refractivity contribution in [3.05, 3.63) is 23.7 Å². The fraction of sp³-hybridized carbons (Fsp3) is 0.625. The Morgan fingerprint density at radius 1 is 1.36 bits per heavy atom. The number of rotatable bonds is 4. The molecule has 1 saturated heterocycles. The van der Waals surface area contributed by atoms with Crippen LogP contribution in [-0.4, -0.2) is 35.5 Å². The van der Waals surface area contributed by atoms with Gasteiger partial charge in [-0.1, -0.05) is 0 Å². The summed E-state index contributed by atoms with van der Waals surface area (Å²) in [5, 5.41) is 5.74. The second kappa shape index (κ2) is 6.42. The Hall–Kier alpha value is -1.98. The minimum atomic E-state index is -0.422. The van der Waals surface area contributed by atoms with Crippen LogP contribution in [0.1, 0.15) is 43.6 Å². The third-order valence-corrected chi connectivity index (χ3v) is 4.20. The molecule has 1 aliphatic carbocycles. The van der Waals surface area contributed by atoms with Crippen molar-refractivity contribution in [2.24, 2.45) is 0 Å². The van der Waals surface area contributed by atoms with Crippen molar-refractivity contribution >= 4 is 11.9 Å². The van der Waals surface area contributed by atoms with Gasteiger partial charge in [0, 0.05) is 12.6 Å². The van der Waals surface area contributed by atoms with Crippen molar-refractivity contribution in [2.45, 2.75) is 57.7 Å². The summed E-state index contributed by atoms with van der Waals surface area (Å²) in [6, 6.07) is 3.47. The number of hydrogen-bond donors (Lipinski definition) is 2. The van der Waals surface area contributed by atoms with Gasteiger partial charge in [-0.25, -0.2) is 4.79 Å².